The first-order chi connectivity index (χ1) is 15.5. The number of thiazole rings is 1. The minimum atomic E-state index is -0.485. The van der Waals surface area contributed by atoms with Crippen molar-refractivity contribution < 1.29 is 23.5 Å². The molecule has 0 aliphatic carbocycles. The number of H-pyrrole nitrogens is 1. The van der Waals surface area contributed by atoms with Crippen LogP contribution in [0.4, 0.5) is 4.39 Å². The second-order valence-corrected chi connectivity index (χ2v) is 8.60. The van der Waals surface area contributed by atoms with E-state index in [9.17, 15) is 14.0 Å². The van der Waals surface area contributed by atoms with Gasteiger partial charge in [-0.25, -0.2) is 9.37 Å². The molecule has 3 aromatic rings. The van der Waals surface area contributed by atoms with Gasteiger partial charge in [-0.15, -0.1) is 23.7 Å². The lowest BCUT2D eigenvalue weighted by Crippen LogP contribution is -2.37. The van der Waals surface area contributed by atoms with Gasteiger partial charge in [-0.05, 0) is 37.6 Å². The first-order valence-corrected chi connectivity index (χ1v) is 11.7. The van der Waals surface area contributed by atoms with Gasteiger partial charge in [-0.2, -0.15) is 0 Å². The number of fused-ring (bicyclic) bond motifs is 1. The summed E-state index contributed by atoms with van der Waals surface area (Å²) in [6.07, 6.45) is 2.73. The van der Waals surface area contributed by atoms with Gasteiger partial charge in [0.2, 0.25) is 5.78 Å². The van der Waals surface area contributed by atoms with Crippen LogP contribution in [-0.2, 0) is 14.3 Å². The zero-order valence-electron chi connectivity index (χ0n) is 18.3. The molecular weight excluding hydrogens is 469 g/mol. The number of ether oxygens (including phenoxy) is 2. The molecule has 1 aromatic carbocycles. The Morgan fingerprint density at radius 1 is 1.33 bits per heavy atom. The number of aromatic nitrogens is 2. The van der Waals surface area contributed by atoms with Crippen molar-refractivity contribution in [3.8, 4) is 0 Å². The molecule has 10 heteroatoms. The minimum absolute atomic E-state index is 0. The van der Waals surface area contributed by atoms with Gasteiger partial charge >= 0.3 is 5.97 Å². The smallest absolute Gasteiger partial charge is 0.306 e. The van der Waals surface area contributed by atoms with E-state index in [0.29, 0.717) is 40.0 Å². The highest BCUT2D eigenvalue weighted by Crippen LogP contribution is 2.27. The van der Waals surface area contributed by atoms with Crippen LogP contribution in [0.5, 0.6) is 0 Å². The normalized spacial score (nSPS) is 15.2. The SMILES string of the molecule is CCC(OC(=O)CCCN1CCOCC1)c1csc(C(=O)c2c[nH]c3cc(F)ccc23)n1.Cl. The molecule has 0 bridgehead atoms. The van der Waals surface area contributed by atoms with Gasteiger partial charge in [0.25, 0.3) is 0 Å². The molecule has 7 nitrogen and oxygen atoms in total. The van der Waals surface area contributed by atoms with E-state index in [0.717, 1.165) is 39.3 Å². The van der Waals surface area contributed by atoms with Crippen molar-refractivity contribution in [1.82, 2.24) is 14.9 Å². The Kier molecular flexibility index (Phi) is 8.96. The summed E-state index contributed by atoms with van der Waals surface area (Å²) < 4.78 is 24.4. The zero-order chi connectivity index (χ0) is 22.5. The maximum absolute atomic E-state index is 13.4. The van der Waals surface area contributed by atoms with Crippen molar-refractivity contribution in [2.45, 2.75) is 32.3 Å². The van der Waals surface area contributed by atoms with E-state index < -0.39 is 6.10 Å². The van der Waals surface area contributed by atoms with Crippen LogP contribution in [0.1, 0.15) is 53.3 Å². The van der Waals surface area contributed by atoms with Crippen LogP contribution >= 0.6 is 23.7 Å². The third-order valence-electron chi connectivity index (χ3n) is 5.54. The van der Waals surface area contributed by atoms with Crippen LogP contribution in [0.15, 0.2) is 29.8 Å². The lowest BCUT2D eigenvalue weighted by molar-refractivity contribution is -0.150. The molecule has 1 saturated heterocycles. The third-order valence-corrected chi connectivity index (χ3v) is 6.40. The Hall–Kier alpha value is -2.33. The van der Waals surface area contributed by atoms with E-state index in [4.69, 9.17) is 9.47 Å². The summed E-state index contributed by atoms with van der Waals surface area (Å²) >= 11 is 1.22. The number of nitrogens with zero attached hydrogens (tertiary/aromatic N) is 2. The summed E-state index contributed by atoms with van der Waals surface area (Å²) in [5.74, 6) is -0.872. The van der Waals surface area contributed by atoms with Gasteiger partial charge in [0.05, 0.1) is 24.5 Å². The van der Waals surface area contributed by atoms with E-state index in [-0.39, 0.29) is 30.0 Å². The maximum atomic E-state index is 13.4. The third kappa shape index (κ3) is 6.17. The first-order valence-electron chi connectivity index (χ1n) is 10.8. The van der Waals surface area contributed by atoms with E-state index in [1.807, 2.05) is 6.92 Å². The molecule has 1 aliphatic rings. The van der Waals surface area contributed by atoms with Crippen LogP contribution < -0.4 is 0 Å². The number of rotatable bonds is 9. The van der Waals surface area contributed by atoms with Gasteiger partial charge in [0.1, 0.15) is 11.9 Å². The first kappa shape index (κ1) is 25.3. The van der Waals surface area contributed by atoms with E-state index in [1.165, 1.54) is 23.5 Å². The number of nitrogens with one attached hydrogen (secondary N) is 1. The lowest BCUT2D eigenvalue weighted by atomic mass is 10.1. The fraction of sp³-hybridized carbons (Fsp3) is 0.435. The molecule has 1 aliphatic heterocycles. The molecule has 0 saturated carbocycles. The number of carbonyl (C=O) groups excluding carboxylic acids is 2. The molecule has 33 heavy (non-hydrogen) atoms. The molecule has 3 heterocycles. The molecule has 178 valence electrons. The molecule has 1 N–H and O–H groups in total. The van der Waals surface area contributed by atoms with Crippen molar-refractivity contribution in [3.63, 3.8) is 0 Å². The van der Waals surface area contributed by atoms with Gasteiger partial charge in [-0.1, -0.05) is 6.92 Å². The number of morpholine rings is 1. The predicted molar refractivity (Wildman–Crippen MR) is 127 cm³/mol. The summed E-state index contributed by atoms with van der Waals surface area (Å²) in [5, 5.41) is 2.72. The Balaban J connectivity index is 0.00000306. The highest BCUT2D eigenvalue weighted by molar-refractivity contribution is 7.12. The van der Waals surface area contributed by atoms with Crippen molar-refractivity contribution in [2.24, 2.45) is 0 Å². The predicted octanol–water partition coefficient (Wildman–Crippen LogP) is 4.52. The lowest BCUT2D eigenvalue weighted by Gasteiger charge is -2.26. The number of hydrogen-bond donors (Lipinski definition) is 1. The monoisotopic (exact) mass is 495 g/mol. The zero-order valence-corrected chi connectivity index (χ0v) is 20.0. The maximum Gasteiger partial charge on any atom is 0.306 e. The van der Waals surface area contributed by atoms with Crippen LogP contribution in [0.2, 0.25) is 0 Å². The topological polar surface area (TPSA) is 84.5 Å². The highest BCUT2D eigenvalue weighted by atomic mass is 35.5. The molecular formula is C23H27ClFN3O4S. The molecule has 1 unspecified atom stereocenters. The van der Waals surface area contributed by atoms with Crippen molar-refractivity contribution >= 4 is 46.4 Å². The van der Waals surface area contributed by atoms with Crippen molar-refractivity contribution in [1.29, 1.82) is 0 Å². The molecule has 0 amide bonds. The number of halogens is 2. The second-order valence-electron chi connectivity index (χ2n) is 7.74. The number of ketones is 1. The van der Waals surface area contributed by atoms with Gasteiger partial charge in [0, 0.05) is 42.0 Å². The largest absolute Gasteiger partial charge is 0.456 e. The number of benzene rings is 1. The van der Waals surface area contributed by atoms with E-state index in [2.05, 4.69) is 14.9 Å². The Morgan fingerprint density at radius 2 is 2.12 bits per heavy atom. The van der Waals surface area contributed by atoms with Gasteiger partial charge < -0.3 is 14.5 Å². The number of hydrogen-bond acceptors (Lipinski definition) is 7. The highest BCUT2D eigenvalue weighted by Gasteiger charge is 2.23. The quantitative estimate of drug-likeness (QED) is 0.347. The Labute approximate surface area is 201 Å². The summed E-state index contributed by atoms with van der Waals surface area (Å²) in [6, 6.07) is 4.26. The van der Waals surface area contributed by atoms with Crippen LogP contribution in [-0.4, -0.2) is 59.5 Å². The molecule has 1 fully saturated rings. The summed E-state index contributed by atoms with van der Waals surface area (Å²) in [5.41, 5.74) is 1.57. The van der Waals surface area contributed by atoms with Crippen molar-refractivity contribution in [3.05, 3.63) is 51.9 Å². The molecule has 1 atom stereocenters. The molecule has 2 aromatic heterocycles. The number of aromatic amines is 1. The minimum Gasteiger partial charge on any atom is -0.456 e. The van der Waals surface area contributed by atoms with Gasteiger partial charge in [-0.3, -0.25) is 14.5 Å². The standard InChI is InChI=1S/C23H26FN3O4S.ClH/c1-2-20(31-21(28)4-3-7-27-8-10-30-11-9-27)19-14-32-23(26-19)22(29)17-13-25-18-12-15(24)5-6-16(17)18;/h5-6,12-14,20,25H,2-4,7-11H2,1H3;1H. The Bertz CT molecular complexity index is 1100. The average Bonchev–Trinajstić information content (AvgIpc) is 3.45. The van der Waals surface area contributed by atoms with E-state index in [1.54, 1.807) is 17.6 Å². The molecule has 4 rings (SSSR count). The summed E-state index contributed by atoms with van der Waals surface area (Å²) in [7, 11) is 0. The van der Waals surface area contributed by atoms with Gasteiger partial charge in [0.15, 0.2) is 5.01 Å². The van der Waals surface area contributed by atoms with Crippen LogP contribution in [0.25, 0.3) is 10.9 Å². The van der Waals surface area contributed by atoms with Crippen LogP contribution in [0, 0.1) is 5.82 Å². The van der Waals surface area contributed by atoms with E-state index >= 15 is 0 Å². The number of carbonyl (C=O) groups is 2. The average molecular weight is 496 g/mol. The van der Waals surface area contributed by atoms with Crippen molar-refractivity contribution in [2.75, 3.05) is 32.8 Å². The fourth-order valence-electron chi connectivity index (χ4n) is 3.78. The molecule has 0 spiro atoms. The molecule has 0 radical (unpaired) electrons. The summed E-state index contributed by atoms with van der Waals surface area (Å²) in [4.78, 5) is 35.0. The van der Waals surface area contributed by atoms with Crippen LogP contribution in [0.3, 0.4) is 0 Å². The fourth-order valence-corrected chi connectivity index (χ4v) is 4.59. The number of esters is 1. The summed E-state index contributed by atoms with van der Waals surface area (Å²) in [6.45, 7) is 6.03. The second kappa shape index (κ2) is 11.7. The Morgan fingerprint density at radius 3 is 2.88 bits per heavy atom.